The molecule has 0 atom stereocenters. The molecule has 2 heterocycles. The average Bonchev–Trinajstić information content (AvgIpc) is 3.08. The predicted molar refractivity (Wildman–Crippen MR) is 92.5 cm³/mol. The van der Waals surface area contributed by atoms with Crippen molar-refractivity contribution in [3.05, 3.63) is 29.6 Å². The summed E-state index contributed by atoms with van der Waals surface area (Å²) >= 11 is 0. The van der Waals surface area contributed by atoms with Crippen LogP contribution in [0.15, 0.2) is 23.3 Å². The summed E-state index contributed by atoms with van der Waals surface area (Å²) in [6.07, 6.45) is 4.99. The number of guanidine groups is 1. The Morgan fingerprint density at radius 2 is 2.09 bits per heavy atom. The molecule has 23 heavy (non-hydrogen) atoms. The molecule has 1 amide bonds. The highest BCUT2D eigenvalue weighted by atomic mass is 16.2. The van der Waals surface area contributed by atoms with E-state index < -0.39 is 0 Å². The van der Waals surface area contributed by atoms with Crippen molar-refractivity contribution in [3.63, 3.8) is 0 Å². The van der Waals surface area contributed by atoms with E-state index in [4.69, 9.17) is 0 Å². The van der Waals surface area contributed by atoms with Crippen LogP contribution >= 0.6 is 0 Å². The quantitative estimate of drug-likeness (QED) is 0.609. The van der Waals surface area contributed by atoms with Gasteiger partial charge in [-0.15, -0.1) is 0 Å². The van der Waals surface area contributed by atoms with Gasteiger partial charge in [-0.1, -0.05) is 6.07 Å². The Hall–Kier alpha value is -2.11. The monoisotopic (exact) mass is 317 g/mol. The van der Waals surface area contributed by atoms with E-state index in [0.717, 1.165) is 51.1 Å². The first kappa shape index (κ1) is 17.2. The van der Waals surface area contributed by atoms with Crippen LogP contribution in [-0.4, -0.2) is 54.5 Å². The molecule has 1 fully saturated rings. The van der Waals surface area contributed by atoms with Crippen molar-refractivity contribution >= 4 is 11.9 Å². The SMILES string of the molecule is CCNC(=NCC(=O)N1CCCC1)NCCc1ccc(C)nc1. The molecule has 0 aliphatic carbocycles. The van der Waals surface area contributed by atoms with Gasteiger partial charge in [-0.25, -0.2) is 4.99 Å². The smallest absolute Gasteiger partial charge is 0.244 e. The lowest BCUT2D eigenvalue weighted by molar-refractivity contribution is -0.128. The molecule has 0 saturated carbocycles. The van der Waals surface area contributed by atoms with E-state index in [-0.39, 0.29) is 12.5 Å². The summed E-state index contributed by atoms with van der Waals surface area (Å²) in [5.41, 5.74) is 2.21. The molecule has 1 aliphatic heterocycles. The Balaban J connectivity index is 1.78. The zero-order chi connectivity index (χ0) is 16.5. The van der Waals surface area contributed by atoms with Gasteiger partial charge in [0.05, 0.1) is 0 Å². The number of hydrogen-bond donors (Lipinski definition) is 2. The fourth-order valence-corrected chi connectivity index (χ4v) is 2.53. The molecular formula is C17H27N5O. The lowest BCUT2D eigenvalue weighted by Gasteiger charge is -2.15. The van der Waals surface area contributed by atoms with Crippen molar-refractivity contribution < 1.29 is 4.79 Å². The maximum Gasteiger partial charge on any atom is 0.244 e. The highest BCUT2D eigenvalue weighted by Crippen LogP contribution is 2.07. The van der Waals surface area contributed by atoms with Crippen molar-refractivity contribution in [1.29, 1.82) is 0 Å². The minimum absolute atomic E-state index is 0.113. The highest BCUT2D eigenvalue weighted by molar-refractivity contribution is 5.85. The number of pyridine rings is 1. The lowest BCUT2D eigenvalue weighted by atomic mass is 10.2. The van der Waals surface area contributed by atoms with Gasteiger partial charge in [0.15, 0.2) is 5.96 Å². The number of carbonyl (C=O) groups is 1. The van der Waals surface area contributed by atoms with E-state index in [1.54, 1.807) is 0 Å². The van der Waals surface area contributed by atoms with Gasteiger partial charge in [-0.2, -0.15) is 0 Å². The largest absolute Gasteiger partial charge is 0.357 e. The molecular weight excluding hydrogens is 290 g/mol. The third-order valence-electron chi connectivity index (χ3n) is 3.85. The van der Waals surface area contributed by atoms with Crippen LogP contribution in [-0.2, 0) is 11.2 Å². The summed E-state index contributed by atoms with van der Waals surface area (Å²) in [5, 5.41) is 6.45. The molecule has 0 spiro atoms. The molecule has 1 aliphatic rings. The molecule has 2 rings (SSSR count). The summed E-state index contributed by atoms with van der Waals surface area (Å²) in [7, 11) is 0. The summed E-state index contributed by atoms with van der Waals surface area (Å²) in [4.78, 5) is 22.6. The third-order valence-corrected chi connectivity index (χ3v) is 3.85. The van der Waals surface area contributed by atoms with Crippen LogP contribution in [0.1, 0.15) is 31.0 Å². The van der Waals surface area contributed by atoms with Crippen LogP contribution in [0.3, 0.4) is 0 Å². The standard InChI is InChI=1S/C17H27N5O/c1-3-18-17(21-13-16(23)22-10-4-5-11-22)19-9-8-15-7-6-14(2)20-12-15/h6-7,12H,3-5,8-11,13H2,1-2H3,(H2,18,19,21). The summed E-state index contributed by atoms with van der Waals surface area (Å²) < 4.78 is 0. The zero-order valence-electron chi connectivity index (χ0n) is 14.1. The van der Waals surface area contributed by atoms with Crippen molar-refractivity contribution in [3.8, 4) is 0 Å². The van der Waals surface area contributed by atoms with Gasteiger partial charge in [0, 0.05) is 38.1 Å². The Kier molecular flexibility index (Phi) is 6.84. The minimum Gasteiger partial charge on any atom is -0.357 e. The van der Waals surface area contributed by atoms with Crippen LogP contribution in [0.5, 0.6) is 0 Å². The molecule has 2 N–H and O–H groups in total. The van der Waals surface area contributed by atoms with Crippen LogP contribution in [0.4, 0.5) is 0 Å². The molecule has 1 aromatic rings. The maximum atomic E-state index is 12.0. The second-order valence-electron chi connectivity index (χ2n) is 5.77. The maximum absolute atomic E-state index is 12.0. The Labute approximate surface area is 138 Å². The third kappa shape index (κ3) is 5.88. The van der Waals surface area contributed by atoms with Gasteiger partial charge in [0.25, 0.3) is 0 Å². The number of aryl methyl sites for hydroxylation is 1. The fraction of sp³-hybridized carbons (Fsp3) is 0.588. The van der Waals surface area contributed by atoms with Crippen LogP contribution in [0, 0.1) is 6.92 Å². The van der Waals surface area contributed by atoms with E-state index in [9.17, 15) is 4.79 Å². The van der Waals surface area contributed by atoms with E-state index in [2.05, 4.69) is 26.7 Å². The average molecular weight is 317 g/mol. The van der Waals surface area contributed by atoms with E-state index in [0.29, 0.717) is 5.96 Å². The number of nitrogens with one attached hydrogen (secondary N) is 2. The van der Waals surface area contributed by atoms with Gasteiger partial charge >= 0.3 is 0 Å². The second-order valence-corrected chi connectivity index (χ2v) is 5.77. The van der Waals surface area contributed by atoms with E-state index >= 15 is 0 Å². The van der Waals surface area contributed by atoms with Crippen LogP contribution < -0.4 is 10.6 Å². The highest BCUT2D eigenvalue weighted by Gasteiger charge is 2.17. The Bertz CT molecular complexity index is 520. The first-order valence-corrected chi connectivity index (χ1v) is 8.40. The molecule has 6 nitrogen and oxygen atoms in total. The number of nitrogens with zero attached hydrogens (tertiary/aromatic N) is 3. The number of likely N-dealkylation sites (tertiary alicyclic amines) is 1. The number of aliphatic imine (C=N–C) groups is 1. The molecule has 1 aromatic heterocycles. The molecule has 6 heteroatoms. The van der Waals surface area contributed by atoms with E-state index in [1.807, 2.05) is 31.0 Å². The first-order valence-electron chi connectivity index (χ1n) is 8.40. The molecule has 126 valence electrons. The van der Waals surface area contributed by atoms with Gasteiger partial charge in [0.1, 0.15) is 6.54 Å². The first-order chi connectivity index (χ1) is 11.2. The normalized spacial score (nSPS) is 14.9. The Morgan fingerprint density at radius 3 is 2.74 bits per heavy atom. The summed E-state index contributed by atoms with van der Waals surface area (Å²) in [6, 6.07) is 4.11. The van der Waals surface area contributed by atoms with Gasteiger partial charge < -0.3 is 15.5 Å². The molecule has 0 unspecified atom stereocenters. The Morgan fingerprint density at radius 1 is 1.30 bits per heavy atom. The number of carbonyl (C=O) groups excluding carboxylic acids is 1. The number of aromatic nitrogens is 1. The van der Waals surface area contributed by atoms with Gasteiger partial charge in [0.2, 0.25) is 5.91 Å². The second kappa shape index (κ2) is 9.12. The van der Waals surface area contributed by atoms with Gasteiger partial charge in [-0.05, 0) is 44.7 Å². The summed E-state index contributed by atoms with van der Waals surface area (Å²) in [5.74, 6) is 0.808. The zero-order valence-corrected chi connectivity index (χ0v) is 14.1. The minimum atomic E-state index is 0.113. The lowest BCUT2D eigenvalue weighted by Crippen LogP contribution is -2.39. The van der Waals surface area contributed by atoms with Crippen LogP contribution in [0.25, 0.3) is 0 Å². The predicted octanol–water partition coefficient (Wildman–Crippen LogP) is 1.11. The van der Waals surface area contributed by atoms with Crippen molar-refractivity contribution in [2.75, 3.05) is 32.7 Å². The number of rotatable bonds is 6. The molecule has 0 bridgehead atoms. The fourth-order valence-electron chi connectivity index (χ4n) is 2.53. The topological polar surface area (TPSA) is 69.6 Å². The van der Waals surface area contributed by atoms with E-state index in [1.165, 1.54) is 5.56 Å². The van der Waals surface area contributed by atoms with Crippen molar-refractivity contribution in [2.45, 2.75) is 33.1 Å². The number of amides is 1. The molecule has 0 aromatic carbocycles. The molecule has 1 saturated heterocycles. The van der Waals surface area contributed by atoms with Gasteiger partial charge in [-0.3, -0.25) is 9.78 Å². The van der Waals surface area contributed by atoms with Crippen LogP contribution in [0.2, 0.25) is 0 Å². The summed E-state index contributed by atoms with van der Waals surface area (Å²) in [6.45, 7) is 7.49. The molecule has 0 radical (unpaired) electrons. The number of hydrogen-bond acceptors (Lipinski definition) is 3. The van der Waals surface area contributed by atoms with Crippen molar-refractivity contribution in [2.24, 2.45) is 4.99 Å². The van der Waals surface area contributed by atoms with Crippen molar-refractivity contribution in [1.82, 2.24) is 20.5 Å².